The molecular formula is C6H9S2. The summed E-state index contributed by atoms with van der Waals surface area (Å²) < 4.78 is 0. The van der Waals surface area contributed by atoms with E-state index in [0.717, 1.165) is 18.6 Å². The van der Waals surface area contributed by atoms with Gasteiger partial charge in [0, 0.05) is 12.2 Å². The molecule has 0 aliphatic heterocycles. The van der Waals surface area contributed by atoms with Gasteiger partial charge < -0.3 is 0 Å². The van der Waals surface area contributed by atoms with Crippen LogP contribution in [-0.4, -0.2) is 5.75 Å². The molecule has 0 atom stereocenters. The number of hydrogen-bond donors (Lipinski definition) is 0. The Kier molecular flexibility index (Phi) is 7.50. The van der Waals surface area contributed by atoms with Crippen molar-refractivity contribution in [3.63, 3.8) is 0 Å². The maximum Gasteiger partial charge on any atom is 0.00863 e. The Morgan fingerprint density at radius 1 is 1.50 bits per heavy atom. The van der Waals surface area contributed by atoms with Crippen LogP contribution in [0.15, 0.2) is 0 Å². The SMILES string of the molecule is C#CCCCCS[S]. The van der Waals surface area contributed by atoms with Crippen molar-refractivity contribution in [3.8, 4) is 12.3 Å². The summed E-state index contributed by atoms with van der Waals surface area (Å²) in [7, 11) is 1.47. The Balaban J connectivity index is 2.65. The van der Waals surface area contributed by atoms with Gasteiger partial charge in [0.25, 0.3) is 0 Å². The Morgan fingerprint density at radius 3 is 2.75 bits per heavy atom. The van der Waals surface area contributed by atoms with Gasteiger partial charge in [0.1, 0.15) is 0 Å². The third-order valence-electron chi connectivity index (χ3n) is 0.799. The van der Waals surface area contributed by atoms with E-state index in [4.69, 9.17) is 6.42 Å². The van der Waals surface area contributed by atoms with Gasteiger partial charge in [-0.25, -0.2) is 0 Å². The van der Waals surface area contributed by atoms with Gasteiger partial charge in [-0.05, 0) is 24.5 Å². The van der Waals surface area contributed by atoms with Gasteiger partial charge in [-0.3, -0.25) is 0 Å². The maximum absolute atomic E-state index is 5.03. The normalized spacial score (nSPS) is 8.50. The van der Waals surface area contributed by atoms with E-state index < -0.39 is 0 Å². The zero-order valence-corrected chi connectivity index (χ0v) is 6.36. The maximum atomic E-state index is 5.03. The van der Waals surface area contributed by atoms with Crippen molar-refractivity contribution in [2.24, 2.45) is 0 Å². The van der Waals surface area contributed by atoms with Gasteiger partial charge in [0.05, 0.1) is 0 Å². The molecule has 0 aliphatic rings. The fourth-order valence-electron chi connectivity index (χ4n) is 0.388. The lowest BCUT2D eigenvalue weighted by molar-refractivity contribution is 0.839. The largest absolute Gasteiger partial charge is 0.120 e. The van der Waals surface area contributed by atoms with E-state index in [1.54, 1.807) is 0 Å². The molecule has 0 aromatic carbocycles. The molecule has 0 saturated carbocycles. The lowest BCUT2D eigenvalue weighted by atomic mass is 10.3. The van der Waals surface area contributed by atoms with Crippen LogP contribution in [0.5, 0.6) is 0 Å². The molecule has 0 fully saturated rings. The first-order chi connectivity index (χ1) is 3.91. The molecule has 0 saturated heterocycles. The van der Waals surface area contributed by atoms with Crippen molar-refractivity contribution >= 4 is 22.5 Å². The lowest BCUT2D eigenvalue weighted by Gasteiger charge is -1.89. The fourth-order valence-corrected chi connectivity index (χ4v) is 1.06. The van der Waals surface area contributed by atoms with Gasteiger partial charge >= 0.3 is 0 Å². The smallest absolute Gasteiger partial charge is 0.00863 e. The van der Waals surface area contributed by atoms with E-state index in [-0.39, 0.29) is 0 Å². The summed E-state index contributed by atoms with van der Waals surface area (Å²) in [5.41, 5.74) is 0. The van der Waals surface area contributed by atoms with Gasteiger partial charge in [0.15, 0.2) is 0 Å². The highest BCUT2D eigenvalue weighted by Gasteiger charge is 1.83. The molecule has 1 radical (unpaired) electrons. The van der Waals surface area contributed by atoms with Crippen LogP contribution < -0.4 is 0 Å². The summed E-state index contributed by atoms with van der Waals surface area (Å²) in [5.74, 6) is 3.65. The molecule has 0 aromatic rings. The van der Waals surface area contributed by atoms with Crippen molar-refractivity contribution < 1.29 is 0 Å². The zero-order chi connectivity index (χ0) is 6.24. The average Bonchev–Trinajstić information content (AvgIpc) is 1.81. The Bertz CT molecular complexity index is 73.1. The summed E-state index contributed by atoms with van der Waals surface area (Å²) in [6.45, 7) is 0. The van der Waals surface area contributed by atoms with Crippen molar-refractivity contribution in [2.75, 3.05) is 5.75 Å². The monoisotopic (exact) mass is 145 g/mol. The fraction of sp³-hybridized carbons (Fsp3) is 0.667. The minimum atomic E-state index is 0.899. The predicted molar refractivity (Wildman–Crippen MR) is 42.7 cm³/mol. The van der Waals surface area contributed by atoms with E-state index in [0.29, 0.717) is 0 Å². The van der Waals surface area contributed by atoms with Gasteiger partial charge in [-0.15, -0.1) is 12.3 Å². The molecule has 0 unspecified atom stereocenters. The number of terminal acetylenes is 1. The third kappa shape index (κ3) is 6.26. The molecule has 45 valence electrons. The minimum absolute atomic E-state index is 0.899. The van der Waals surface area contributed by atoms with E-state index >= 15 is 0 Å². The third-order valence-corrected chi connectivity index (χ3v) is 1.75. The zero-order valence-electron chi connectivity index (χ0n) is 4.72. The summed E-state index contributed by atoms with van der Waals surface area (Å²) in [6.07, 6.45) is 8.22. The Morgan fingerprint density at radius 2 is 2.25 bits per heavy atom. The molecule has 2 heteroatoms. The summed E-state index contributed by atoms with van der Waals surface area (Å²) in [5, 5.41) is 0. The highest BCUT2D eigenvalue weighted by atomic mass is 33.1. The number of hydrogen-bond acceptors (Lipinski definition) is 1. The molecule has 0 aliphatic carbocycles. The number of unbranched alkanes of at least 4 members (excludes halogenated alkanes) is 2. The quantitative estimate of drug-likeness (QED) is 0.333. The van der Waals surface area contributed by atoms with Crippen LogP contribution in [0.4, 0.5) is 0 Å². The Hall–Kier alpha value is 0.260. The van der Waals surface area contributed by atoms with Crippen LogP contribution >= 0.6 is 22.5 Å². The van der Waals surface area contributed by atoms with E-state index in [1.165, 1.54) is 17.2 Å². The molecule has 0 N–H and O–H groups in total. The van der Waals surface area contributed by atoms with E-state index in [9.17, 15) is 0 Å². The van der Waals surface area contributed by atoms with Crippen molar-refractivity contribution in [3.05, 3.63) is 0 Å². The van der Waals surface area contributed by atoms with Crippen LogP contribution in [0.2, 0.25) is 0 Å². The van der Waals surface area contributed by atoms with Crippen molar-refractivity contribution in [1.29, 1.82) is 0 Å². The summed E-state index contributed by atoms with van der Waals surface area (Å²) >= 11 is 4.67. The predicted octanol–water partition coefficient (Wildman–Crippen LogP) is 2.64. The summed E-state index contributed by atoms with van der Waals surface area (Å²) in [6, 6.07) is 0. The van der Waals surface area contributed by atoms with E-state index in [1.807, 2.05) is 0 Å². The topological polar surface area (TPSA) is 0 Å². The van der Waals surface area contributed by atoms with Crippen molar-refractivity contribution in [2.45, 2.75) is 19.3 Å². The van der Waals surface area contributed by atoms with Crippen molar-refractivity contribution in [1.82, 2.24) is 0 Å². The second-order valence-electron chi connectivity index (χ2n) is 1.48. The van der Waals surface area contributed by atoms with Crippen LogP contribution in [0.3, 0.4) is 0 Å². The van der Waals surface area contributed by atoms with Crippen LogP contribution in [0, 0.1) is 12.3 Å². The number of rotatable bonds is 4. The second kappa shape index (κ2) is 7.26. The molecule has 0 aromatic heterocycles. The highest BCUT2D eigenvalue weighted by Crippen LogP contribution is 2.08. The van der Waals surface area contributed by atoms with Gasteiger partial charge in [0.2, 0.25) is 0 Å². The first kappa shape index (κ1) is 8.26. The standard InChI is InChI=1S/C6H9S2/c1-2-3-4-5-6-8-7/h1H,3-6H2. The molecule has 0 spiro atoms. The minimum Gasteiger partial charge on any atom is -0.120 e. The average molecular weight is 145 g/mol. The molecule has 0 amide bonds. The van der Waals surface area contributed by atoms with Gasteiger partial charge in [-0.2, -0.15) is 0 Å². The highest BCUT2D eigenvalue weighted by molar-refractivity contribution is 8.68. The second-order valence-corrected chi connectivity index (χ2v) is 2.83. The molecule has 8 heavy (non-hydrogen) atoms. The molecule has 0 rings (SSSR count). The first-order valence-corrected chi connectivity index (χ1v) is 4.51. The van der Waals surface area contributed by atoms with E-state index in [2.05, 4.69) is 17.6 Å². The van der Waals surface area contributed by atoms with Crippen LogP contribution in [-0.2, 0) is 0 Å². The molecule has 0 bridgehead atoms. The molecule has 0 heterocycles. The lowest BCUT2D eigenvalue weighted by Crippen LogP contribution is -1.74. The van der Waals surface area contributed by atoms with Crippen LogP contribution in [0.25, 0.3) is 0 Å². The first-order valence-electron chi connectivity index (χ1n) is 2.60. The van der Waals surface area contributed by atoms with Crippen LogP contribution in [0.1, 0.15) is 19.3 Å². The summed E-state index contributed by atoms with van der Waals surface area (Å²) in [4.78, 5) is 0. The van der Waals surface area contributed by atoms with Gasteiger partial charge in [-0.1, -0.05) is 10.8 Å². The Labute approximate surface area is 60.2 Å². The molecule has 0 nitrogen and oxygen atoms in total. The molecular weight excluding hydrogens is 136 g/mol.